The number of nitrogens with zero attached hydrogens (tertiary/aromatic N) is 1. The highest BCUT2D eigenvalue weighted by atomic mass is 16.6. The van der Waals surface area contributed by atoms with Crippen LogP contribution in [0.15, 0.2) is 24.3 Å². The summed E-state index contributed by atoms with van der Waals surface area (Å²) in [5.41, 5.74) is 1.17. The molecule has 1 fully saturated rings. The van der Waals surface area contributed by atoms with Gasteiger partial charge in [0.15, 0.2) is 0 Å². The lowest BCUT2D eigenvalue weighted by Crippen LogP contribution is -1.90. The molecule has 1 aromatic rings. The van der Waals surface area contributed by atoms with Crippen LogP contribution < -0.4 is 5.32 Å². The first-order chi connectivity index (χ1) is 5.77. The van der Waals surface area contributed by atoms with Crippen LogP contribution in [-0.4, -0.2) is 11.5 Å². The SMILES string of the molecule is O=[N+]([O-])c1cccc(C2CN2)c1. The van der Waals surface area contributed by atoms with Crippen molar-refractivity contribution in [3.8, 4) is 0 Å². The lowest BCUT2D eigenvalue weighted by Gasteiger charge is -1.95. The molecule has 0 saturated carbocycles. The summed E-state index contributed by atoms with van der Waals surface area (Å²) in [6.45, 7) is 0.932. The van der Waals surface area contributed by atoms with Crippen molar-refractivity contribution in [2.24, 2.45) is 0 Å². The summed E-state index contributed by atoms with van der Waals surface area (Å²) >= 11 is 0. The molecular formula is C8H8N2O2. The van der Waals surface area contributed by atoms with Gasteiger partial charge in [-0.15, -0.1) is 0 Å². The summed E-state index contributed by atoms with van der Waals surface area (Å²) < 4.78 is 0. The molecule has 1 unspecified atom stereocenters. The standard InChI is InChI=1S/C8H8N2O2/c11-10(12)7-3-1-2-6(4-7)8-5-9-8/h1-4,8-9H,5H2. The van der Waals surface area contributed by atoms with E-state index in [4.69, 9.17) is 0 Å². The minimum absolute atomic E-state index is 0.168. The number of rotatable bonds is 2. The molecule has 0 radical (unpaired) electrons. The van der Waals surface area contributed by atoms with Gasteiger partial charge in [-0.3, -0.25) is 10.1 Å². The van der Waals surface area contributed by atoms with E-state index in [0.29, 0.717) is 6.04 Å². The fourth-order valence-electron chi connectivity index (χ4n) is 1.15. The molecule has 62 valence electrons. The summed E-state index contributed by atoms with van der Waals surface area (Å²) in [7, 11) is 0. The maximum atomic E-state index is 10.4. The molecule has 0 amide bonds. The molecule has 0 bridgehead atoms. The average molecular weight is 164 g/mol. The highest BCUT2D eigenvalue weighted by Gasteiger charge is 2.23. The van der Waals surface area contributed by atoms with Crippen molar-refractivity contribution in [3.05, 3.63) is 39.9 Å². The van der Waals surface area contributed by atoms with Gasteiger partial charge >= 0.3 is 0 Å². The molecule has 4 heteroatoms. The van der Waals surface area contributed by atoms with Crippen LogP contribution in [-0.2, 0) is 0 Å². The van der Waals surface area contributed by atoms with E-state index in [1.165, 1.54) is 6.07 Å². The van der Waals surface area contributed by atoms with Gasteiger partial charge in [-0.2, -0.15) is 0 Å². The first-order valence-electron chi connectivity index (χ1n) is 3.75. The highest BCUT2D eigenvalue weighted by molar-refractivity contribution is 5.37. The van der Waals surface area contributed by atoms with Crippen LogP contribution in [0, 0.1) is 10.1 Å². The van der Waals surface area contributed by atoms with E-state index in [2.05, 4.69) is 5.32 Å². The Bertz CT molecular complexity index is 321. The molecule has 1 aromatic carbocycles. The molecule has 1 aliphatic heterocycles. The summed E-state index contributed by atoms with van der Waals surface area (Å²) in [6.07, 6.45) is 0. The van der Waals surface area contributed by atoms with Crippen molar-refractivity contribution in [3.63, 3.8) is 0 Å². The van der Waals surface area contributed by atoms with Crippen LogP contribution in [0.5, 0.6) is 0 Å². The maximum absolute atomic E-state index is 10.4. The fraction of sp³-hybridized carbons (Fsp3) is 0.250. The molecule has 0 aliphatic carbocycles. The third-order valence-corrected chi connectivity index (χ3v) is 1.89. The van der Waals surface area contributed by atoms with Crippen LogP contribution in [0.3, 0.4) is 0 Å². The number of non-ortho nitro benzene ring substituents is 1. The fourth-order valence-corrected chi connectivity index (χ4v) is 1.15. The molecule has 1 heterocycles. The quantitative estimate of drug-likeness (QED) is 0.406. The number of nitro groups is 1. The topological polar surface area (TPSA) is 65.1 Å². The second-order valence-corrected chi connectivity index (χ2v) is 2.81. The molecule has 1 saturated heterocycles. The van der Waals surface area contributed by atoms with Gasteiger partial charge in [0.2, 0.25) is 0 Å². The number of hydrogen-bond donors (Lipinski definition) is 1. The van der Waals surface area contributed by atoms with Crippen LogP contribution in [0.2, 0.25) is 0 Å². The van der Waals surface area contributed by atoms with Gasteiger partial charge in [0.05, 0.1) is 4.92 Å². The summed E-state index contributed by atoms with van der Waals surface area (Å²) in [6, 6.07) is 7.08. The third-order valence-electron chi connectivity index (χ3n) is 1.89. The van der Waals surface area contributed by atoms with Crippen LogP contribution in [0.1, 0.15) is 11.6 Å². The number of hydrogen-bond acceptors (Lipinski definition) is 3. The van der Waals surface area contributed by atoms with Crippen molar-refractivity contribution in [2.75, 3.05) is 6.54 Å². The second-order valence-electron chi connectivity index (χ2n) is 2.81. The Balaban J connectivity index is 2.32. The van der Waals surface area contributed by atoms with E-state index in [1.54, 1.807) is 12.1 Å². The smallest absolute Gasteiger partial charge is 0.269 e. The number of nitrogens with one attached hydrogen (secondary N) is 1. The normalized spacial score (nSPS) is 20.5. The molecule has 0 aromatic heterocycles. The summed E-state index contributed by atoms with van der Waals surface area (Å²) in [5.74, 6) is 0. The predicted molar refractivity (Wildman–Crippen MR) is 43.8 cm³/mol. The van der Waals surface area contributed by atoms with E-state index in [0.717, 1.165) is 12.1 Å². The van der Waals surface area contributed by atoms with E-state index < -0.39 is 0 Å². The Hall–Kier alpha value is -1.42. The van der Waals surface area contributed by atoms with E-state index in [1.807, 2.05) is 6.07 Å². The monoisotopic (exact) mass is 164 g/mol. The molecule has 1 aliphatic rings. The molecular weight excluding hydrogens is 156 g/mol. The molecule has 2 rings (SSSR count). The van der Waals surface area contributed by atoms with Crippen LogP contribution >= 0.6 is 0 Å². The Labute approximate surface area is 69.4 Å². The second kappa shape index (κ2) is 2.57. The van der Waals surface area contributed by atoms with Crippen LogP contribution in [0.25, 0.3) is 0 Å². The van der Waals surface area contributed by atoms with Crippen molar-refractivity contribution < 1.29 is 4.92 Å². The van der Waals surface area contributed by atoms with Crippen molar-refractivity contribution in [1.29, 1.82) is 0 Å². The molecule has 1 atom stereocenters. The molecule has 4 nitrogen and oxygen atoms in total. The van der Waals surface area contributed by atoms with E-state index in [-0.39, 0.29) is 10.6 Å². The average Bonchev–Trinajstić information content (AvgIpc) is 2.87. The van der Waals surface area contributed by atoms with Gasteiger partial charge < -0.3 is 5.32 Å². The lowest BCUT2D eigenvalue weighted by molar-refractivity contribution is -0.384. The van der Waals surface area contributed by atoms with E-state index in [9.17, 15) is 10.1 Å². The zero-order valence-electron chi connectivity index (χ0n) is 6.36. The molecule has 0 spiro atoms. The lowest BCUT2D eigenvalue weighted by atomic mass is 10.1. The maximum Gasteiger partial charge on any atom is 0.269 e. The Morgan fingerprint density at radius 1 is 1.58 bits per heavy atom. The number of nitro benzene ring substituents is 1. The predicted octanol–water partition coefficient (Wildman–Crippen LogP) is 1.24. The molecule has 12 heavy (non-hydrogen) atoms. The summed E-state index contributed by atoms with van der Waals surface area (Å²) in [5, 5.41) is 13.5. The van der Waals surface area contributed by atoms with E-state index >= 15 is 0 Å². The van der Waals surface area contributed by atoms with Gasteiger partial charge in [-0.05, 0) is 5.56 Å². The van der Waals surface area contributed by atoms with Crippen molar-refractivity contribution in [1.82, 2.24) is 5.32 Å². The largest absolute Gasteiger partial charge is 0.307 e. The van der Waals surface area contributed by atoms with Crippen LogP contribution in [0.4, 0.5) is 5.69 Å². The summed E-state index contributed by atoms with van der Waals surface area (Å²) in [4.78, 5) is 10.0. The third kappa shape index (κ3) is 1.29. The van der Waals surface area contributed by atoms with Gasteiger partial charge in [0, 0.05) is 24.7 Å². The van der Waals surface area contributed by atoms with Crippen molar-refractivity contribution in [2.45, 2.75) is 6.04 Å². The van der Waals surface area contributed by atoms with Gasteiger partial charge in [-0.1, -0.05) is 12.1 Å². The van der Waals surface area contributed by atoms with Gasteiger partial charge in [0.1, 0.15) is 0 Å². The number of benzene rings is 1. The zero-order valence-corrected chi connectivity index (χ0v) is 6.36. The first kappa shape index (κ1) is 7.24. The van der Waals surface area contributed by atoms with Crippen molar-refractivity contribution >= 4 is 5.69 Å². The molecule has 1 N–H and O–H groups in total. The van der Waals surface area contributed by atoms with Gasteiger partial charge in [-0.25, -0.2) is 0 Å². The zero-order chi connectivity index (χ0) is 8.55. The minimum Gasteiger partial charge on any atom is -0.307 e. The first-order valence-corrected chi connectivity index (χ1v) is 3.75. The minimum atomic E-state index is -0.369. The van der Waals surface area contributed by atoms with Gasteiger partial charge in [0.25, 0.3) is 5.69 Å². The highest BCUT2D eigenvalue weighted by Crippen LogP contribution is 2.24. The Morgan fingerprint density at radius 3 is 2.92 bits per heavy atom. The Kier molecular flexibility index (Phi) is 1.55. The Morgan fingerprint density at radius 2 is 2.33 bits per heavy atom.